The summed E-state index contributed by atoms with van der Waals surface area (Å²) in [5, 5.41) is 0. The van der Waals surface area contributed by atoms with Crippen molar-refractivity contribution in [2.75, 3.05) is 6.61 Å². The summed E-state index contributed by atoms with van der Waals surface area (Å²) in [6.45, 7) is 1.90. The number of hydrogen-bond acceptors (Lipinski definition) is 3. The van der Waals surface area contributed by atoms with E-state index in [1.54, 1.807) is 6.92 Å². The molecule has 0 aliphatic carbocycles. The number of halogens is 3. The number of aldehydes is 1. The third kappa shape index (κ3) is 3.15. The van der Waals surface area contributed by atoms with Crippen LogP contribution in [-0.2, 0) is 0 Å². The molecule has 1 aromatic rings. The fraction of sp³-hybridized carbons (Fsp3) is 0.300. The van der Waals surface area contributed by atoms with E-state index in [0.29, 0.717) is 0 Å². The second kappa shape index (κ2) is 4.87. The second-order valence-corrected chi connectivity index (χ2v) is 2.77. The summed E-state index contributed by atoms with van der Waals surface area (Å²) >= 11 is 0. The maximum absolute atomic E-state index is 12.0. The lowest BCUT2D eigenvalue weighted by molar-refractivity contribution is -0.274. The fourth-order valence-corrected chi connectivity index (χ4v) is 1.14. The third-order valence-corrected chi connectivity index (χ3v) is 1.67. The Labute approximate surface area is 89.8 Å². The van der Waals surface area contributed by atoms with Gasteiger partial charge in [-0.25, -0.2) is 0 Å². The maximum atomic E-state index is 12.0. The molecule has 0 amide bonds. The van der Waals surface area contributed by atoms with E-state index in [-0.39, 0.29) is 24.2 Å². The molecule has 0 radical (unpaired) electrons. The number of rotatable bonds is 4. The van der Waals surface area contributed by atoms with Gasteiger partial charge in [0.25, 0.3) is 0 Å². The van der Waals surface area contributed by atoms with Crippen molar-refractivity contribution in [3.63, 3.8) is 0 Å². The molecule has 16 heavy (non-hydrogen) atoms. The fourth-order valence-electron chi connectivity index (χ4n) is 1.14. The minimum absolute atomic E-state index is 0.0688. The number of ether oxygens (including phenoxy) is 2. The highest BCUT2D eigenvalue weighted by Crippen LogP contribution is 2.31. The maximum Gasteiger partial charge on any atom is 0.573 e. The molecule has 0 heterocycles. The number of alkyl halides is 3. The van der Waals surface area contributed by atoms with Crippen molar-refractivity contribution in [2.45, 2.75) is 13.3 Å². The summed E-state index contributed by atoms with van der Waals surface area (Å²) in [7, 11) is 0. The van der Waals surface area contributed by atoms with E-state index >= 15 is 0 Å². The molecule has 0 aliphatic rings. The Morgan fingerprint density at radius 3 is 2.44 bits per heavy atom. The first-order valence-corrected chi connectivity index (χ1v) is 4.44. The molecule has 0 fully saturated rings. The molecule has 0 spiro atoms. The van der Waals surface area contributed by atoms with Gasteiger partial charge in [-0.2, -0.15) is 0 Å². The molecule has 3 nitrogen and oxygen atoms in total. The lowest BCUT2D eigenvalue weighted by atomic mass is 10.2. The van der Waals surface area contributed by atoms with Crippen LogP contribution in [0.1, 0.15) is 17.3 Å². The molecule has 6 heteroatoms. The predicted octanol–water partition coefficient (Wildman–Crippen LogP) is 2.80. The molecule has 0 aliphatic heterocycles. The van der Waals surface area contributed by atoms with Gasteiger partial charge in [-0.3, -0.25) is 4.79 Å². The van der Waals surface area contributed by atoms with Gasteiger partial charge < -0.3 is 9.47 Å². The zero-order valence-corrected chi connectivity index (χ0v) is 8.38. The first-order chi connectivity index (χ1) is 7.48. The van der Waals surface area contributed by atoms with E-state index in [4.69, 9.17) is 4.74 Å². The van der Waals surface area contributed by atoms with Crippen molar-refractivity contribution in [1.29, 1.82) is 0 Å². The largest absolute Gasteiger partial charge is 0.573 e. The van der Waals surface area contributed by atoms with Crippen LogP contribution in [0.3, 0.4) is 0 Å². The van der Waals surface area contributed by atoms with E-state index in [1.807, 2.05) is 0 Å². The van der Waals surface area contributed by atoms with E-state index < -0.39 is 12.1 Å². The summed E-state index contributed by atoms with van der Waals surface area (Å²) in [5.41, 5.74) is -0.248. The van der Waals surface area contributed by atoms with Crippen molar-refractivity contribution in [1.82, 2.24) is 0 Å². The second-order valence-electron chi connectivity index (χ2n) is 2.77. The van der Waals surface area contributed by atoms with E-state index in [2.05, 4.69) is 4.74 Å². The molecule has 0 saturated carbocycles. The molecule has 1 rings (SSSR count). The zero-order chi connectivity index (χ0) is 12.2. The van der Waals surface area contributed by atoms with Crippen LogP contribution in [0.15, 0.2) is 18.2 Å². The Kier molecular flexibility index (Phi) is 3.76. The van der Waals surface area contributed by atoms with Crippen molar-refractivity contribution < 1.29 is 27.4 Å². The van der Waals surface area contributed by atoms with Crippen LogP contribution in [0.25, 0.3) is 0 Å². The monoisotopic (exact) mass is 234 g/mol. The van der Waals surface area contributed by atoms with Gasteiger partial charge in [-0.1, -0.05) is 6.07 Å². The van der Waals surface area contributed by atoms with Crippen LogP contribution >= 0.6 is 0 Å². The first kappa shape index (κ1) is 12.4. The van der Waals surface area contributed by atoms with Crippen molar-refractivity contribution >= 4 is 6.29 Å². The van der Waals surface area contributed by atoms with Crippen molar-refractivity contribution in [2.24, 2.45) is 0 Å². The predicted molar refractivity (Wildman–Crippen MR) is 49.7 cm³/mol. The Hall–Kier alpha value is -1.72. The molecule has 0 aromatic heterocycles. The minimum atomic E-state index is -4.83. The summed E-state index contributed by atoms with van der Waals surface area (Å²) in [6.07, 6.45) is -4.56. The minimum Gasteiger partial charge on any atom is -0.493 e. The number of hydrogen-bond donors (Lipinski definition) is 0. The van der Waals surface area contributed by atoms with E-state index in [1.165, 1.54) is 12.1 Å². The lowest BCUT2D eigenvalue weighted by Crippen LogP contribution is -2.18. The van der Waals surface area contributed by atoms with Gasteiger partial charge in [0.05, 0.1) is 12.2 Å². The summed E-state index contributed by atoms with van der Waals surface area (Å²) in [5.74, 6) is -0.493. The van der Waals surface area contributed by atoms with Gasteiger partial charge in [0, 0.05) is 0 Å². The van der Waals surface area contributed by atoms with Crippen LogP contribution in [0.2, 0.25) is 0 Å². The molecule has 0 N–H and O–H groups in total. The zero-order valence-electron chi connectivity index (χ0n) is 8.38. The smallest absolute Gasteiger partial charge is 0.493 e. The summed E-state index contributed by atoms with van der Waals surface area (Å²) in [4.78, 5) is 10.7. The van der Waals surface area contributed by atoms with Gasteiger partial charge in [0.2, 0.25) is 0 Å². The average molecular weight is 234 g/mol. The van der Waals surface area contributed by atoms with Gasteiger partial charge in [-0.05, 0) is 19.1 Å². The van der Waals surface area contributed by atoms with Gasteiger partial charge in [-0.15, -0.1) is 13.2 Å². The lowest BCUT2D eigenvalue weighted by Gasteiger charge is -2.13. The van der Waals surface area contributed by atoms with E-state index in [0.717, 1.165) is 6.07 Å². The van der Waals surface area contributed by atoms with Crippen LogP contribution in [-0.4, -0.2) is 19.3 Å². The van der Waals surface area contributed by atoms with Crippen LogP contribution in [0.4, 0.5) is 13.2 Å². The number of benzene rings is 1. The quantitative estimate of drug-likeness (QED) is 0.751. The average Bonchev–Trinajstić information content (AvgIpc) is 2.16. The molecule has 1 aromatic carbocycles. The first-order valence-electron chi connectivity index (χ1n) is 4.44. The van der Waals surface area contributed by atoms with Gasteiger partial charge in [0.1, 0.15) is 11.5 Å². The molecular weight excluding hydrogens is 225 g/mol. The molecule has 0 unspecified atom stereocenters. The number of carbonyl (C=O) groups excluding carboxylic acids is 1. The molecule has 88 valence electrons. The molecule has 0 bridgehead atoms. The summed E-state index contributed by atoms with van der Waals surface area (Å²) < 4.78 is 44.7. The molecular formula is C10H9F3O3. The molecule has 0 atom stereocenters. The van der Waals surface area contributed by atoms with Crippen LogP contribution < -0.4 is 9.47 Å². The van der Waals surface area contributed by atoms with Gasteiger partial charge in [0.15, 0.2) is 6.29 Å². The molecule has 0 saturated heterocycles. The summed E-state index contributed by atoms with van der Waals surface area (Å²) in [6, 6.07) is 3.77. The normalized spacial score (nSPS) is 11.0. The highest BCUT2D eigenvalue weighted by molar-refractivity contribution is 5.83. The Bertz CT molecular complexity index is 374. The van der Waals surface area contributed by atoms with E-state index in [9.17, 15) is 18.0 Å². The van der Waals surface area contributed by atoms with Crippen LogP contribution in [0, 0.1) is 0 Å². The highest BCUT2D eigenvalue weighted by Gasteiger charge is 2.32. The Morgan fingerprint density at radius 2 is 1.94 bits per heavy atom. The third-order valence-electron chi connectivity index (χ3n) is 1.67. The standard InChI is InChI=1S/C10H9F3O3/c1-2-15-8-4-3-5-9(7(8)6-14)16-10(11,12)13/h3-6H,2H2,1H3. The SMILES string of the molecule is CCOc1cccc(OC(F)(F)F)c1C=O. The van der Waals surface area contributed by atoms with Crippen LogP contribution in [0.5, 0.6) is 11.5 Å². The Balaban J connectivity index is 3.08. The number of carbonyl (C=O) groups is 1. The van der Waals surface area contributed by atoms with Crippen molar-refractivity contribution in [3.8, 4) is 11.5 Å². The highest BCUT2D eigenvalue weighted by atomic mass is 19.4. The Morgan fingerprint density at radius 1 is 1.31 bits per heavy atom. The topological polar surface area (TPSA) is 35.5 Å². The van der Waals surface area contributed by atoms with Crippen molar-refractivity contribution in [3.05, 3.63) is 23.8 Å². The van der Waals surface area contributed by atoms with Gasteiger partial charge >= 0.3 is 6.36 Å².